The molecular weight excluding hydrogens is 241 g/mol. The molecule has 1 aromatic rings. The lowest BCUT2D eigenvalue weighted by atomic mass is 10.2. The zero-order valence-corrected chi connectivity index (χ0v) is 10.3. The molecule has 6 heteroatoms. The molecule has 0 saturated heterocycles. The van der Waals surface area contributed by atoms with E-state index in [1.165, 1.54) is 6.08 Å². The Hall–Kier alpha value is -1.13. The Morgan fingerprint density at radius 3 is 2.65 bits per heavy atom. The standard InChI is InChI=1S/C11H16NO4P/c1-9-5-2-3-6-10(9)12-8-4-7-11(13)17(14,15)16/h2-7,11-13H,8H2,1H3,(H2,14,15,16)/b7-4-. The van der Waals surface area contributed by atoms with Gasteiger partial charge in [0.2, 0.25) is 0 Å². The molecule has 0 aliphatic rings. The number of hydrogen-bond acceptors (Lipinski definition) is 3. The normalized spacial score (nSPS) is 13.9. The van der Waals surface area contributed by atoms with E-state index in [9.17, 15) is 4.57 Å². The van der Waals surface area contributed by atoms with Crippen LogP contribution in [0, 0.1) is 6.92 Å². The molecule has 94 valence electrons. The van der Waals surface area contributed by atoms with E-state index in [1.807, 2.05) is 31.2 Å². The van der Waals surface area contributed by atoms with Gasteiger partial charge in [0.25, 0.3) is 0 Å². The second-order valence-electron chi connectivity index (χ2n) is 3.63. The van der Waals surface area contributed by atoms with Crippen molar-refractivity contribution in [1.82, 2.24) is 0 Å². The lowest BCUT2D eigenvalue weighted by molar-refractivity contribution is 0.238. The third-order valence-corrected chi connectivity index (χ3v) is 3.07. The van der Waals surface area contributed by atoms with Crippen molar-refractivity contribution in [2.75, 3.05) is 11.9 Å². The van der Waals surface area contributed by atoms with Gasteiger partial charge in [-0.1, -0.05) is 24.3 Å². The molecule has 17 heavy (non-hydrogen) atoms. The summed E-state index contributed by atoms with van der Waals surface area (Å²) >= 11 is 0. The number of rotatable bonds is 5. The molecular formula is C11H16NO4P. The van der Waals surface area contributed by atoms with Crippen LogP contribution in [-0.2, 0) is 4.57 Å². The van der Waals surface area contributed by atoms with Crippen molar-refractivity contribution in [1.29, 1.82) is 0 Å². The van der Waals surface area contributed by atoms with Crippen molar-refractivity contribution < 1.29 is 19.5 Å². The molecule has 0 heterocycles. The smallest absolute Gasteiger partial charge is 0.357 e. The zero-order valence-electron chi connectivity index (χ0n) is 9.45. The first kappa shape index (κ1) is 13.9. The molecule has 1 unspecified atom stereocenters. The molecule has 1 aromatic carbocycles. The second-order valence-corrected chi connectivity index (χ2v) is 5.33. The van der Waals surface area contributed by atoms with Crippen LogP contribution in [-0.4, -0.2) is 27.3 Å². The average molecular weight is 257 g/mol. The Kier molecular flexibility index (Phi) is 4.90. The number of hydrogen-bond donors (Lipinski definition) is 4. The molecule has 0 aromatic heterocycles. The van der Waals surface area contributed by atoms with Crippen LogP contribution < -0.4 is 5.32 Å². The fourth-order valence-corrected chi connectivity index (χ4v) is 1.59. The highest BCUT2D eigenvalue weighted by Crippen LogP contribution is 2.39. The predicted octanol–water partition coefficient (Wildman–Crippen LogP) is 1.46. The number of benzene rings is 1. The summed E-state index contributed by atoms with van der Waals surface area (Å²) in [5.74, 6) is -1.74. The van der Waals surface area contributed by atoms with Crippen LogP contribution in [0.4, 0.5) is 5.69 Å². The largest absolute Gasteiger partial charge is 0.381 e. The summed E-state index contributed by atoms with van der Waals surface area (Å²) in [5.41, 5.74) is 2.03. The monoisotopic (exact) mass is 257 g/mol. The van der Waals surface area contributed by atoms with Crippen molar-refractivity contribution in [2.24, 2.45) is 0 Å². The zero-order chi connectivity index (χ0) is 12.9. The molecule has 0 aliphatic carbocycles. The summed E-state index contributed by atoms with van der Waals surface area (Å²) in [5, 5.41) is 12.1. The molecule has 1 rings (SSSR count). The third-order valence-electron chi connectivity index (χ3n) is 2.21. The molecule has 0 radical (unpaired) electrons. The third kappa shape index (κ3) is 4.71. The van der Waals surface area contributed by atoms with Gasteiger partial charge in [-0.3, -0.25) is 4.57 Å². The fraction of sp³-hybridized carbons (Fsp3) is 0.273. The van der Waals surface area contributed by atoms with E-state index in [0.717, 1.165) is 17.3 Å². The van der Waals surface area contributed by atoms with Crippen LogP contribution in [0.25, 0.3) is 0 Å². The Morgan fingerprint density at radius 1 is 1.41 bits per heavy atom. The van der Waals surface area contributed by atoms with Gasteiger partial charge in [0.15, 0.2) is 5.85 Å². The van der Waals surface area contributed by atoms with Crippen LogP contribution in [0.3, 0.4) is 0 Å². The van der Waals surface area contributed by atoms with E-state index >= 15 is 0 Å². The first-order valence-corrected chi connectivity index (χ1v) is 6.79. The highest BCUT2D eigenvalue weighted by molar-refractivity contribution is 7.52. The summed E-state index contributed by atoms with van der Waals surface area (Å²) in [4.78, 5) is 17.3. The minimum atomic E-state index is -4.44. The highest BCUT2D eigenvalue weighted by Gasteiger charge is 2.22. The summed E-state index contributed by atoms with van der Waals surface area (Å²) in [6, 6.07) is 7.68. The molecule has 0 spiro atoms. The number of aliphatic hydroxyl groups is 1. The van der Waals surface area contributed by atoms with Crippen LogP contribution in [0.2, 0.25) is 0 Å². The maximum atomic E-state index is 10.6. The lowest BCUT2D eigenvalue weighted by Crippen LogP contribution is -2.05. The van der Waals surface area contributed by atoms with E-state index in [-0.39, 0.29) is 0 Å². The van der Waals surface area contributed by atoms with Gasteiger partial charge in [0, 0.05) is 12.2 Å². The fourth-order valence-electron chi connectivity index (χ4n) is 1.24. The van der Waals surface area contributed by atoms with E-state index in [1.54, 1.807) is 0 Å². The van der Waals surface area contributed by atoms with Gasteiger partial charge < -0.3 is 20.2 Å². The first-order chi connectivity index (χ1) is 7.91. The molecule has 0 fully saturated rings. The van der Waals surface area contributed by atoms with Crippen molar-refractivity contribution in [3.05, 3.63) is 42.0 Å². The number of para-hydroxylation sites is 1. The quantitative estimate of drug-likeness (QED) is 0.473. The van der Waals surface area contributed by atoms with Gasteiger partial charge in [0.1, 0.15) is 0 Å². The lowest BCUT2D eigenvalue weighted by Gasteiger charge is -2.08. The number of nitrogens with one attached hydrogen (secondary N) is 1. The summed E-state index contributed by atoms with van der Waals surface area (Å²) < 4.78 is 10.6. The highest BCUT2D eigenvalue weighted by atomic mass is 31.2. The van der Waals surface area contributed by atoms with Gasteiger partial charge in [-0.25, -0.2) is 0 Å². The van der Waals surface area contributed by atoms with Crippen LogP contribution in [0.5, 0.6) is 0 Å². The van der Waals surface area contributed by atoms with Gasteiger partial charge in [-0.15, -0.1) is 0 Å². The van der Waals surface area contributed by atoms with Crippen molar-refractivity contribution in [2.45, 2.75) is 12.8 Å². The molecule has 5 nitrogen and oxygen atoms in total. The van der Waals surface area contributed by atoms with Crippen LogP contribution in [0.15, 0.2) is 36.4 Å². The van der Waals surface area contributed by atoms with Gasteiger partial charge in [0.05, 0.1) is 0 Å². The second kappa shape index (κ2) is 5.98. The Balaban J connectivity index is 2.46. The Morgan fingerprint density at radius 2 is 2.06 bits per heavy atom. The molecule has 4 N–H and O–H groups in total. The van der Waals surface area contributed by atoms with E-state index in [2.05, 4.69) is 5.32 Å². The first-order valence-electron chi connectivity index (χ1n) is 5.10. The van der Waals surface area contributed by atoms with Crippen molar-refractivity contribution >= 4 is 13.3 Å². The van der Waals surface area contributed by atoms with E-state index in [4.69, 9.17) is 14.9 Å². The predicted molar refractivity (Wildman–Crippen MR) is 66.9 cm³/mol. The van der Waals surface area contributed by atoms with Crippen molar-refractivity contribution in [3.63, 3.8) is 0 Å². The molecule has 0 aliphatic heterocycles. The average Bonchev–Trinajstić information content (AvgIpc) is 2.25. The van der Waals surface area contributed by atoms with E-state index < -0.39 is 13.4 Å². The maximum Gasteiger partial charge on any atom is 0.357 e. The number of aliphatic hydroxyl groups excluding tert-OH is 1. The van der Waals surface area contributed by atoms with Gasteiger partial charge >= 0.3 is 7.60 Å². The SMILES string of the molecule is Cc1ccccc1NC/C=C\C(O)P(=O)(O)O. The maximum absolute atomic E-state index is 10.6. The topological polar surface area (TPSA) is 89.8 Å². The molecule has 0 saturated carbocycles. The molecule has 0 amide bonds. The van der Waals surface area contributed by atoms with Crippen LogP contribution in [0.1, 0.15) is 5.56 Å². The summed E-state index contributed by atoms with van der Waals surface area (Å²) in [6.07, 6.45) is 2.57. The van der Waals surface area contributed by atoms with Gasteiger partial charge in [-0.2, -0.15) is 0 Å². The summed E-state index contributed by atoms with van der Waals surface area (Å²) in [6.45, 7) is 2.35. The Bertz CT molecular complexity index is 441. The molecule has 1 atom stereocenters. The number of aryl methyl sites for hydroxylation is 1. The Labute approximate surface area is 100.0 Å². The van der Waals surface area contributed by atoms with Crippen LogP contribution >= 0.6 is 7.60 Å². The van der Waals surface area contributed by atoms with Crippen molar-refractivity contribution in [3.8, 4) is 0 Å². The summed E-state index contributed by atoms with van der Waals surface area (Å²) in [7, 11) is -4.44. The van der Waals surface area contributed by atoms with E-state index in [0.29, 0.717) is 6.54 Å². The minimum Gasteiger partial charge on any atom is -0.381 e. The molecule has 0 bridgehead atoms. The number of anilines is 1. The minimum absolute atomic E-state index is 0.391. The van der Waals surface area contributed by atoms with Gasteiger partial charge in [-0.05, 0) is 24.6 Å².